The molecule has 2 aliphatic rings. The molecule has 0 aliphatic heterocycles. The van der Waals surface area contributed by atoms with E-state index in [0.717, 1.165) is 17.7 Å². The van der Waals surface area contributed by atoms with Crippen LogP contribution in [0.3, 0.4) is 0 Å². The van der Waals surface area contributed by atoms with E-state index in [1.807, 2.05) is 0 Å². The van der Waals surface area contributed by atoms with Crippen molar-refractivity contribution in [2.75, 3.05) is 0 Å². The summed E-state index contributed by atoms with van der Waals surface area (Å²) in [6.45, 7) is 2.16. The highest BCUT2D eigenvalue weighted by Crippen LogP contribution is 2.40. The lowest BCUT2D eigenvalue weighted by Crippen LogP contribution is -2.30. The number of nitriles is 1. The summed E-state index contributed by atoms with van der Waals surface area (Å²) in [5.74, 6) is 0.289. The summed E-state index contributed by atoms with van der Waals surface area (Å²) in [6.07, 6.45) is 9.53. The maximum absolute atomic E-state index is 11.7. The third kappa shape index (κ3) is 2.84. The van der Waals surface area contributed by atoms with Gasteiger partial charge in [-0.15, -0.1) is 0 Å². The summed E-state index contributed by atoms with van der Waals surface area (Å²) in [7, 11) is 0. The van der Waals surface area contributed by atoms with Gasteiger partial charge in [0.05, 0.1) is 28.7 Å². The van der Waals surface area contributed by atoms with Crippen molar-refractivity contribution >= 4 is 16.7 Å². The number of fused-ring (bicyclic) bond motifs is 1. The number of carbonyl (C=O) groups excluding carboxylic acids is 1. The molecule has 4 nitrogen and oxygen atoms in total. The maximum Gasteiger partial charge on any atom is 0.133 e. The number of rotatable bonds is 3. The first-order chi connectivity index (χ1) is 12.7. The van der Waals surface area contributed by atoms with Gasteiger partial charge in [0.25, 0.3) is 0 Å². The average molecular weight is 349 g/mol. The fourth-order valence-electron chi connectivity index (χ4n) is 4.79. The first-order valence-electron chi connectivity index (χ1n) is 10.1. The van der Waals surface area contributed by atoms with Gasteiger partial charge in [-0.05, 0) is 43.7 Å². The van der Waals surface area contributed by atoms with Gasteiger partial charge in [0.15, 0.2) is 0 Å². The molecule has 1 aromatic carbocycles. The van der Waals surface area contributed by atoms with Gasteiger partial charge in [-0.2, -0.15) is 10.4 Å². The zero-order valence-corrected chi connectivity index (χ0v) is 15.6. The van der Waals surface area contributed by atoms with Crippen LogP contribution in [0.5, 0.6) is 0 Å². The Labute approximate surface area is 155 Å². The molecule has 0 spiro atoms. The minimum atomic E-state index is -0.518. The molecule has 2 saturated carbocycles. The second kappa shape index (κ2) is 6.87. The minimum absolute atomic E-state index is 0.289. The Balaban J connectivity index is 1.80. The lowest BCUT2D eigenvalue weighted by Gasteiger charge is -2.30. The number of aromatic nitrogens is 2. The number of hydrogen-bond donors (Lipinski definition) is 0. The largest absolute Gasteiger partial charge is 0.300 e. The molecule has 4 heteroatoms. The normalized spacial score (nSPS) is 21.0. The lowest BCUT2D eigenvalue weighted by atomic mass is 9.70. The van der Waals surface area contributed by atoms with Crippen LogP contribution in [0.2, 0.25) is 0 Å². The van der Waals surface area contributed by atoms with Crippen LogP contribution in [0.25, 0.3) is 10.9 Å². The standard InChI is InChI=1S/C22H27N3O/c1-2-20-19-9-8-16(22(15-23)12-10-18(26)11-13-22)14-21(19)25(24-20)17-6-4-3-5-7-17/h8-9,14,17H,2-7,10-13H2,1H3. The Bertz CT molecular complexity index is 857. The van der Waals surface area contributed by atoms with E-state index in [1.165, 1.54) is 43.0 Å². The SMILES string of the molecule is CCc1nn(C2CCCCC2)c2cc(C3(C#N)CCC(=O)CC3)ccc12. The van der Waals surface area contributed by atoms with E-state index in [9.17, 15) is 10.1 Å². The van der Waals surface area contributed by atoms with Gasteiger partial charge in [0.2, 0.25) is 0 Å². The third-order valence-electron chi connectivity index (χ3n) is 6.47. The minimum Gasteiger partial charge on any atom is -0.300 e. The summed E-state index contributed by atoms with van der Waals surface area (Å²) >= 11 is 0. The monoisotopic (exact) mass is 349 g/mol. The van der Waals surface area contributed by atoms with Crippen molar-refractivity contribution in [1.29, 1.82) is 5.26 Å². The zero-order valence-electron chi connectivity index (χ0n) is 15.6. The van der Waals surface area contributed by atoms with E-state index in [2.05, 4.69) is 35.9 Å². The molecule has 0 unspecified atom stereocenters. The van der Waals surface area contributed by atoms with Gasteiger partial charge in [0, 0.05) is 18.2 Å². The highest BCUT2D eigenvalue weighted by Gasteiger charge is 2.37. The Morgan fingerprint density at radius 1 is 1.23 bits per heavy atom. The van der Waals surface area contributed by atoms with Crippen LogP contribution in [0.1, 0.15) is 82.0 Å². The van der Waals surface area contributed by atoms with Crippen LogP contribution in [0.15, 0.2) is 18.2 Å². The van der Waals surface area contributed by atoms with Crippen LogP contribution in [-0.4, -0.2) is 15.6 Å². The second-order valence-electron chi connectivity index (χ2n) is 8.00. The number of nitrogens with zero attached hydrogens (tertiary/aromatic N) is 3. The molecule has 2 aromatic rings. The van der Waals surface area contributed by atoms with Crippen LogP contribution in [0, 0.1) is 11.3 Å². The highest BCUT2D eigenvalue weighted by molar-refractivity contribution is 5.84. The topological polar surface area (TPSA) is 58.7 Å². The van der Waals surface area contributed by atoms with Crippen LogP contribution >= 0.6 is 0 Å². The van der Waals surface area contributed by atoms with Crippen molar-refractivity contribution in [2.24, 2.45) is 0 Å². The van der Waals surface area contributed by atoms with Crippen LogP contribution in [0.4, 0.5) is 0 Å². The molecule has 4 rings (SSSR count). The molecular weight excluding hydrogens is 322 g/mol. The molecule has 0 radical (unpaired) electrons. The molecule has 136 valence electrons. The van der Waals surface area contributed by atoms with E-state index < -0.39 is 5.41 Å². The number of hydrogen-bond acceptors (Lipinski definition) is 3. The molecule has 2 aliphatic carbocycles. The summed E-state index contributed by atoms with van der Waals surface area (Å²) in [5.41, 5.74) is 2.88. The molecular formula is C22H27N3O. The van der Waals surface area contributed by atoms with Gasteiger partial charge in [-0.25, -0.2) is 0 Å². The third-order valence-corrected chi connectivity index (χ3v) is 6.47. The van der Waals surface area contributed by atoms with Gasteiger partial charge >= 0.3 is 0 Å². The molecule has 0 saturated heterocycles. The summed E-state index contributed by atoms with van der Waals surface area (Å²) in [5, 5.41) is 16.1. The van der Waals surface area contributed by atoms with Crippen molar-refractivity contribution in [2.45, 2.75) is 82.6 Å². The van der Waals surface area contributed by atoms with E-state index >= 15 is 0 Å². The van der Waals surface area contributed by atoms with Crippen molar-refractivity contribution < 1.29 is 4.79 Å². The molecule has 1 aromatic heterocycles. The summed E-state index contributed by atoms with van der Waals surface area (Å²) < 4.78 is 2.25. The Morgan fingerprint density at radius 2 is 1.96 bits per heavy atom. The second-order valence-corrected chi connectivity index (χ2v) is 8.00. The summed E-state index contributed by atoms with van der Waals surface area (Å²) in [6, 6.07) is 9.50. The van der Waals surface area contributed by atoms with Crippen molar-refractivity contribution in [3.63, 3.8) is 0 Å². The van der Waals surface area contributed by atoms with E-state index in [-0.39, 0.29) is 5.78 Å². The fourth-order valence-corrected chi connectivity index (χ4v) is 4.79. The molecule has 1 heterocycles. The quantitative estimate of drug-likeness (QED) is 0.783. The Hall–Kier alpha value is -2.15. The van der Waals surface area contributed by atoms with Crippen LogP contribution in [-0.2, 0) is 16.6 Å². The number of benzene rings is 1. The molecule has 0 amide bonds. The Morgan fingerprint density at radius 3 is 2.62 bits per heavy atom. The number of ketones is 1. The Kier molecular flexibility index (Phi) is 4.56. The van der Waals surface area contributed by atoms with E-state index in [4.69, 9.17) is 5.10 Å². The molecule has 26 heavy (non-hydrogen) atoms. The average Bonchev–Trinajstić information content (AvgIpc) is 3.07. The number of carbonyl (C=O) groups is 1. The molecule has 0 bridgehead atoms. The smallest absolute Gasteiger partial charge is 0.133 e. The predicted molar refractivity (Wildman–Crippen MR) is 102 cm³/mol. The zero-order chi connectivity index (χ0) is 18.1. The lowest BCUT2D eigenvalue weighted by molar-refractivity contribution is -0.120. The van der Waals surface area contributed by atoms with Gasteiger partial charge in [-0.1, -0.05) is 38.3 Å². The molecule has 0 N–H and O–H groups in total. The highest BCUT2D eigenvalue weighted by atomic mass is 16.1. The maximum atomic E-state index is 11.7. The van der Waals surface area contributed by atoms with Crippen molar-refractivity contribution in [3.8, 4) is 6.07 Å². The first kappa shape index (κ1) is 17.3. The first-order valence-corrected chi connectivity index (χ1v) is 10.1. The fraction of sp³-hybridized carbons (Fsp3) is 0.591. The van der Waals surface area contributed by atoms with Gasteiger partial charge in [-0.3, -0.25) is 9.48 Å². The number of Topliss-reactive ketones (excluding diaryl/α,β-unsaturated/α-hetero) is 1. The molecule has 0 atom stereocenters. The number of aryl methyl sites for hydroxylation is 1. The van der Waals surface area contributed by atoms with E-state index in [1.54, 1.807) is 0 Å². The van der Waals surface area contributed by atoms with E-state index in [0.29, 0.717) is 31.7 Å². The van der Waals surface area contributed by atoms with Crippen LogP contribution < -0.4 is 0 Å². The predicted octanol–water partition coefficient (Wildman–Crippen LogP) is 5.01. The summed E-state index contributed by atoms with van der Waals surface area (Å²) in [4.78, 5) is 11.7. The molecule has 2 fully saturated rings. The van der Waals surface area contributed by atoms with Gasteiger partial charge in [0.1, 0.15) is 5.78 Å². The van der Waals surface area contributed by atoms with Crippen molar-refractivity contribution in [1.82, 2.24) is 9.78 Å². The van der Waals surface area contributed by atoms with Crippen molar-refractivity contribution in [3.05, 3.63) is 29.5 Å². The van der Waals surface area contributed by atoms with Gasteiger partial charge < -0.3 is 0 Å².